The van der Waals surface area contributed by atoms with Crippen LogP contribution < -0.4 is 15.8 Å². The summed E-state index contributed by atoms with van der Waals surface area (Å²) in [5.41, 5.74) is 5.93. The largest absolute Gasteiger partial charge is 0.573 e. The third-order valence-electron chi connectivity index (χ3n) is 2.71. The summed E-state index contributed by atoms with van der Waals surface area (Å²) in [6.07, 6.45) is -4.26. The van der Waals surface area contributed by atoms with Crippen molar-refractivity contribution in [1.82, 2.24) is 5.32 Å². The minimum atomic E-state index is -4.77. The number of hydrogen-bond acceptors (Lipinski definition) is 3. The number of benzene rings is 1. The molecule has 0 radical (unpaired) electrons. The molecular weight excluding hydrogens is 321 g/mol. The van der Waals surface area contributed by atoms with Gasteiger partial charge < -0.3 is 15.8 Å². The molecule has 22 heavy (non-hydrogen) atoms. The Morgan fingerprint density at radius 2 is 1.91 bits per heavy atom. The van der Waals surface area contributed by atoms with Gasteiger partial charge in [-0.2, -0.15) is 0 Å². The zero-order chi connectivity index (χ0) is 16.0. The van der Waals surface area contributed by atoms with Crippen LogP contribution in [-0.2, 0) is 11.3 Å². The molecule has 8 heteroatoms. The van der Waals surface area contributed by atoms with Crippen LogP contribution >= 0.6 is 12.4 Å². The molecule has 0 saturated carbocycles. The van der Waals surface area contributed by atoms with Crippen molar-refractivity contribution < 1.29 is 22.7 Å². The Morgan fingerprint density at radius 3 is 2.45 bits per heavy atom. The Labute approximate surface area is 133 Å². The van der Waals surface area contributed by atoms with Gasteiger partial charge in [-0.3, -0.25) is 4.79 Å². The summed E-state index contributed by atoms with van der Waals surface area (Å²) in [5, 5.41) is 2.52. The van der Waals surface area contributed by atoms with Crippen molar-refractivity contribution in [2.45, 2.75) is 39.2 Å². The lowest BCUT2D eigenvalue weighted by atomic mass is 10.0. The van der Waals surface area contributed by atoms with Crippen LogP contribution in [-0.4, -0.2) is 18.3 Å². The van der Waals surface area contributed by atoms with E-state index in [4.69, 9.17) is 5.73 Å². The lowest BCUT2D eigenvalue weighted by Gasteiger charge is -2.16. The molecule has 0 unspecified atom stereocenters. The highest BCUT2D eigenvalue weighted by Gasteiger charge is 2.32. The van der Waals surface area contributed by atoms with Crippen LogP contribution in [0.15, 0.2) is 24.3 Å². The smallest absolute Gasteiger partial charge is 0.405 e. The van der Waals surface area contributed by atoms with E-state index in [1.807, 2.05) is 13.8 Å². The van der Waals surface area contributed by atoms with E-state index < -0.39 is 18.3 Å². The molecule has 0 fully saturated rings. The van der Waals surface area contributed by atoms with Gasteiger partial charge in [-0.15, -0.1) is 25.6 Å². The van der Waals surface area contributed by atoms with Crippen molar-refractivity contribution in [1.29, 1.82) is 0 Å². The Hall–Kier alpha value is -1.47. The topological polar surface area (TPSA) is 64.4 Å². The summed E-state index contributed by atoms with van der Waals surface area (Å²) in [5.74, 6) is -0.472. The molecule has 1 aromatic carbocycles. The summed E-state index contributed by atoms with van der Waals surface area (Å²) >= 11 is 0. The van der Waals surface area contributed by atoms with Gasteiger partial charge in [0.15, 0.2) is 0 Å². The van der Waals surface area contributed by atoms with Crippen LogP contribution in [0.3, 0.4) is 0 Å². The van der Waals surface area contributed by atoms with Crippen molar-refractivity contribution in [3.8, 4) is 5.75 Å². The zero-order valence-electron chi connectivity index (χ0n) is 12.3. The van der Waals surface area contributed by atoms with Crippen molar-refractivity contribution in [3.05, 3.63) is 29.8 Å². The highest BCUT2D eigenvalue weighted by atomic mass is 35.5. The van der Waals surface area contributed by atoms with Crippen LogP contribution in [0, 0.1) is 5.92 Å². The second-order valence-corrected chi connectivity index (χ2v) is 5.11. The van der Waals surface area contributed by atoms with E-state index >= 15 is 0 Å². The highest BCUT2D eigenvalue weighted by molar-refractivity contribution is 5.85. The summed E-state index contributed by atoms with van der Waals surface area (Å²) in [4.78, 5) is 11.7. The first-order valence-corrected chi connectivity index (χ1v) is 6.56. The lowest BCUT2D eigenvalue weighted by molar-refractivity contribution is -0.274. The van der Waals surface area contributed by atoms with Crippen LogP contribution in [0.4, 0.5) is 13.2 Å². The van der Waals surface area contributed by atoms with E-state index in [0.29, 0.717) is 6.42 Å². The van der Waals surface area contributed by atoms with Crippen LogP contribution in [0.5, 0.6) is 5.75 Å². The summed E-state index contributed by atoms with van der Waals surface area (Å²) in [6.45, 7) is 3.79. The number of amides is 1. The summed E-state index contributed by atoms with van der Waals surface area (Å²) < 4.78 is 40.7. The Bertz CT molecular complexity index is 481. The molecular formula is C14H20ClF3N2O2. The van der Waals surface area contributed by atoms with Gasteiger partial charge >= 0.3 is 6.36 Å². The van der Waals surface area contributed by atoms with Crippen molar-refractivity contribution in [2.24, 2.45) is 11.7 Å². The molecule has 1 amide bonds. The third kappa shape index (κ3) is 7.51. The first kappa shape index (κ1) is 20.5. The van der Waals surface area contributed by atoms with E-state index in [-0.39, 0.29) is 36.2 Å². The molecule has 3 N–H and O–H groups in total. The molecule has 4 nitrogen and oxygen atoms in total. The fraction of sp³-hybridized carbons (Fsp3) is 0.500. The number of nitrogens with one attached hydrogen (secondary N) is 1. The predicted octanol–water partition coefficient (Wildman–Crippen LogP) is 3.00. The van der Waals surface area contributed by atoms with Gasteiger partial charge in [0.2, 0.25) is 5.91 Å². The van der Waals surface area contributed by atoms with Gasteiger partial charge in [0.05, 0.1) is 6.04 Å². The number of hydrogen-bond donors (Lipinski definition) is 2. The van der Waals surface area contributed by atoms with E-state index in [1.54, 1.807) is 6.07 Å². The quantitative estimate of drug-likeness (QED) is 0.836. The Morgan fingerprint density at radius 1 is 1.32 bits per heavy atom. The Kier molecular flexibility index (Phi) is 8.26. The average Bonchev–Trinajstić information content (AvgIpc) is 2.34. The van der Waals surface area contributed by atoms with Gasteiger partial charge in [-0.05, 0) is 18.4 Å². The normalized spacial score (nSPS) is 12.5. The predicted molar refractivity (Wildman–Crippen MR) is 79.7 cm³/mol. The molecule has 0 aliphatic rings. The zero-order valence-corrected chi connectivity index (χ0v) is 13.1. The molecule has 0 bridgehead atoms. The third-order valence-corrected chi connectivity index (χ3v) is 2.71. The number of halogens is 4. The molecule has 1 atom stereocenters. The Balaban J connectivity index is 0.00000441. The van der Waals surface area contributed by atoms with Crippen molar-refractivity contribution >= 4 is 18.3 Å². The van der Waals surface area contributed by atoms with Gasteiger partial charge in [0.25, 0.3) is 0 Å². The molecule has 0 aromatic heterocycles. The van der Waals surface area contributed by atoms with E-state index in [1.165, 1.54) is 18.2 Å². The number of rotatable bonds is 6. The minimum Gasteiger partial charge on any atom is -0.405 e. The highest BCUT2D eigenvalue weighted by Crippen LogP contribution is 2.26. The number of carbonyl (C=O) groups excluding carboxylic acids is 1. The standard InChI is InChI=1S/C14H19F3N2O2.ClH/c1-9(2)7-11(18)13(20)19-8-10-5-3-4-6-12(10)21-14(15,16)17;/h3-6,9,11H,7-8,18H2,1-2H3,(H,19,20);1H/t11-;/m0./s1. The lowest BCUT2D eigenvalue weighted by Crippen LogP contribution is -2.41. The number of ether oxygens (including phenoxy) is 1. The van der Waals surface area contributed by atoms with Gasteiger partial charge in [-0.1, -0.05) is 32.0 Å². The SMILES string of the molecule is CC(C)C[C@H](N)C(=O)NCc1ccccc1OC(F)(F)F.Cl. The van der Waals surface area contributed by atoms with Crippen molar-refractivity contribution in [2.75, 3.05) is 0 Å². The van der Waals surface area contributed by atoms with Crippen molar-refractivity contribution in [3.63, 3.8) is 0 Å². The number of carbonyl (C=O) groups is 1. The monoisotopic (exact) mass is 340 g/mol. The molecule has 0 saturated heterocycles. The molecule has 1 rings (SSSR count). The maximum absolute atomic E-state index is 12.3. The van der Waals surface area contributed by atoms with Crippen LogP contribution in [0.25, 0.3) is 0 Å². The minimum absolute atomic E-state index is 0. The van der Waals surface area contributed by atoms with E-state index in [0.717, 1.165) is 0 Å². The van der Waals surface area contributed by atoms with E-state index in [2.05, 4.69) is 10.1 Å². The molecule has 1 aromatic rings. The number of alkyl halides is 3. The fourth-order valence-corrected chi connectivity index (χ4v) is 1.80. The van der Waals surface area contributed by atoms with Gasteiger partial charge in [0, 0.05) is 12.1 Å². The molecule has 0 aliphatic heterocycles. The number of nitrogens with two attached hydrogens (primary N) is 1. The van der Waals surface area contributed by atoms with Gasteiger partial charge in [0.1, 0.15) is 5.75 Å². The van der Waals surface area contributed by atoms with Crippen LogP contribution in [0.1, 0.15) is 25.8 Å². The first-order chi connectivity index (χ1) is 9.69. The maximum atomic E-state index is 12.3. The first-order valence-electron chi connectivity index (χ1n) is 6.56. The summed E-state index contributed by atoms with van der Waals surface area (Å²) in [7, 11) is 0. The molecule has 0 spiro atoms. The van der Waals surface area contributed by atoms with Crippen LogP contribution in [0.2, 0.25) is 0 Å². The van der Waals surface area contributed by atoms with E-state index in [9.17, 15) is 18.0 Å². The second-order valence-electron chi connectivity index (χ2n) is 5.11. The average molecular weight is 341 g/mol. The van der Waals surface area contributed by atoms with Gasteiger partial charge in [-0.25, -0.2) is 0 Å². The maximum Gasteiger partial charge on any atom is 0.573 e. The fourth-order valence-electron chi connectivity index (χ4n) is 1.80. The number of para-hydroxylation sites is 1. The summed E-state index contributed by atoms with van der Waals surface area (Å²) in [6, 6.07) is 4.97. The molecule has 126 valence electrons. The molecule has 0 aliphatic carbocycles. The molecule has 0 heterocycles. The second kappa shape index (κ2) is 8.85.